The molecule has 2 N–H and O–H groups in total. The fraction of sp³-hybridized carbons (Fsp3) is 0.111. The van der Waals surface area contributed by atoms with Gasteiger partial charge in [0.05, 0.1) is 0 Å². The average Bonchev–Trinajstić information content (AvgIpc) is 3.34. The van der Waals surface area contributed by atoms with E-state index < -0.39 is 17.5 Å². The second-order valence-corrected chi connectivity index (χ2v) is 5.98. The number of furan rings is 1. The molecule has 2 heterocycles. The van der Waals surface area contributed by atoms with Crippen molar-refractivity contribution in [3.8, 4) is 11.6 Å². The van der Waals surface area contributed by atoms with Gasteiger partial charge < -0.3 is 9.73 Å². The summed E-state index contributed by atoms with van der Waals surface area (Å²) in [6.45, 7) is 0.417. The minimum absolute atomic E-state index is 0.351. The van der Waals surface area contributed by atoms with Crippen LogP contribution in [0.3, 0.4) is 0 Å². The van der Waals surface area contributed by atoms with Gasteiger partial charge in [-0.05, 0) is 47.2 Å². The van der Waals surface area contributed by atoms with Crippen LogP contribution in [-0.2, 0) is 6.54 Å². The Hall–Kier alpha value is -3.69. The third-order valence-corrected chi connectivity index (χ3v) is 4.05. The van der Waals surface area contributed by atoms with Crippen LogP contribution >= 0.6 is 0 Å². The summed E-state index contributed by atoms with van der Waals surface area (Å²) in [6, 6.07) is 12.6. The number of hydrogen-bond acceptors (Lipinski definition) is 6. The number of aromatic amines is 1. The van der Waals surface area contributed by atoms with Gasteiger partial charge in [0.25, 0.3) is 5.78 Å². The van der Waals surface area contributed by atoms with Gasteiger partial charge in [-0.25, -0.2) is 0 Å². The average molecular weight is 387 g/mol. The largest absolute Gasteiger partial charge is 0.454 e. The highest BCUT2D eigenvalue weighted by Crippen LogP contribution is 2.26. The fourth-order valence-electron chi connectivity index (χ4n) is 2.67. The standard InChI is InChI=1S/C18H12F3N5O2/c19-18(20,21)16(27)11-3-5-13(6-4-11)22-9-10-1-2-12-8-15(28-14(12)7-10)17-23-25-26-24-17/h1-8,22H,9H2,(H,23,24,25,26). The number of carbonyl (C=O) groups excluding carboxylic acids is 1. The number of alkyl halides is 3. The number of hydrogen-bond donors (Lipinski definition) is 2. The lowest BCUT2D eigenvalue weighted by Crippen LogP contribution is -2.22. The number of nitrogens with zero attached hydrogens (tertiary/aromatic N) is 3. The first-order chi connectivity index (χ1) is 13.4. The zero-order valence-corrected chi connectivity index (χ0v) is 14.1. The van der Waals surface area contributed by atoms with Gasteiger partial charge in [-0.2, -0.15) is 18.4 Å². The first-order valence-corrected chi connectivity index (χ1v) is 8.12. The number of ketones is 1. The highest BCUT2D eigenvalue weighted by atomic mass is 19.4. The molecule has 0 amide bonds. The van der Waals surface area contributed by atoms with Gasteiger partial charge in [-0.15, -0.1) is 10.2 Å². The monoisotopic (exact) mass is 387 g/mol. The van der Waals surface area contributed by atoms with Gasteiger partial charge in [0.1, 0.15) is 5.58 Å². The van der Waals surface area contributed by atoms with Crippen molar-refractivity contribution in [3.05, 3.63) is 59.7 Å². The molecule has 0 fully saturated rings. The van der Waals surface area contributed by atoms with Crippen molar-refractivity contribution in [1.29, 1.82) is 0 Å². The summed E-state index contributed by atoms with van der Waals surface area (Å²) in [5, 5.41) is 17.5. The summed E-state index contributed by atoms with van der Waals surface area (Å²) in [5.74, 6) is -1.03. The number of anilines is 1. The SMILES string of the molecule is O=C(c1ccc(NCc2ccc3cc(-c4nn[nH]n4)oc3c2)cc1)C(F)(F)F. The highest BCUT2D eigenvalue weighted by Gasteiger charge is 2.39. The number of tetrazole rings is 1. The molecular weight excluding hydrogens is 375 g/mol. The Morgan fingerprint density at radius 1 is 1.11 bits per heavy atom. The van der Waals surface area contributed by atoms with Crippen LogP contribution in [0.5, 0.6) is 0 Å². The minimum atomic E-state index is -4.88. The normalized spacial score (nSPS) is 11.7. The van der Waals surface area contributed by atoms with E-state index in [1.54, 1.807) is 6.07 Å². The molecule has 142 valence electrons. The smallest absolute Gasteiger partial charge is 0.453 e. The van der Waals surface area contributed by atoms with E-state index in [9.17, 15) is 18.0 Å². The van der Waals surface area contributed by atoms with Gasteiger partial charge in [0.15, 0.2) is 5.76 Å². The van der Waals surface area contributed by atoms with Crippen LogP contribution in [0.1, 0.15) is 15.9 Å². The van der Waals surface area contributed by atoms with E-state index in [0.29, 0.717) is 29.4 Å². The number of aromatic nitrogens is 4. The molecule has 4 aromatic rings. The van der Waals surface area contributed by atoms with Gasteiger partial charge >= 0.3 is 6.18 Å². The van der Waals surface area contributed by atoms with Crippen LogP contribution in [0, 0.1) is 0 Å². The molecule has 0 spiro atoms. The maximum absolute atomic E-state index is 12.4. The highest BCUT2D eigenvalue weighted by molar-refractivity contribution is 6.00. The van der Waals surface area contributed by atoms with Crippen LogP contribution in [0.25, 0.3) is 22.6 Å². The van der Waals surface area contributed by atoms with Gasteiger partial charge in [-0.1, -0.05) is 12.1 Å². The zero-order valence-electron chi connectivity index (χ0n) is 14.1. The van der Waals surface area contributed by atoms with Gasteiger partial charge in [0.2, 0.25) is 5.82 Å². The van der Waals surface area contributed by atoms with Crippen molar-refractivity contribution in [2.75, 3.05) is 5.32 Å². The Morgan fingerprint density at radius 3 is 2.57 bits per heavy atom. The molecule has 28 heavy (non-hydrogen) atoms. The van der Waals surface area contributed by atoms with E-state index in [4.69, 9.17) is 4.42 Å². The van der Waals surface area contributed by atoms with Crippen molar-refractivity contribution in [2.45, 2.75) is 12.7 Å². The zero-order chi connectivity index (χ0) is 19.7. The van der Waals surface area contributed by atoms with E-state index in [1.165, 1.54) is 12.1 Å². The molecule has 7 nitrogen and oxygen atoms in total. The molecular formula is C18H12F3N5O2. The Morgan fingerprint density at radius 2 is 1.89 bits per heavy atom. The van der Waals surface area contributed by atoms with Crippen LogP contribution in [0.4, 0.5) is 18.9 Å². The molecule has 2 aromatic carbocycles. The van der Waals surface area contributed by atoms with E-state index >= 15 is 0 Å². The Balaban J connectivity index is 1.46. The fourth-order valence-corrected chi connectivity index (χ4v) is 2.67. The molecule has 0 bridgehead atoms. The summed E-state index contributed by atoms with van der Waals surface area (Å²) in [7, 11) is 0. The van der Waals surface area contributed by atoms with E-state index in [1.807, 2.05) is 18.2 Å². The predicted molar refractivity (Wildman–Crippen MR) is 93.5 cm³/mol. The summed E-state index contributed by atoms with van der Waals surface area (Å²) in [4.78, 5) is 11.2. The molecule has 2 aromatic heterocycles. The van der Waals surface area contributed by atoms with Crippen LogP contribution in [-0.4, -0.2) is 32.6 Å². The first kappa shape index (κ1) is 17.7. The van der Waals surface area contributed by atoms with Crippen LogP contribution in [0.15, 0.2) is 52.9 Å². The van der Waals surface area contributed by atoms with Crippen LogP contribution in [0.2, 0.25) is 0 Å². The molecule has 10 heteroatoms. The Bertz CT molecular complexity index is 1120. The molecule has 0 unspecified atom stereocenters. The number of carbonyl (C=O) groups is 1. The van der Waals surface area contributed by atoms with Crippen LogP contribution < -0.4 is 5.32 Å². The maximum atomic E-state index is 12.4. The van der Waals surface area contributed by atoms with Crippen molar-refractivity contribution < 1.29 is 22.4 Å². The molecule has 4 rings (SSSR count). The van der Waals surface area contributed by atoms with Crippen molar-refractivity contribution in [3.63, 3.8) is 0 Å². The molecule has 0 aliphatic carbocycles. The number of fused-ring (bicyclic) bond motifs is 1. The topological polar surface area (TPSA) is 96.7 Å². The maximum Gasteiger partial charge on any atom is 0.454 e. The Labute approximate surface area is 155 Å². The van der Waals surface area contributed by atoms with Gasteiger partial charge in [0, 0.05) is 23.2 Å². The lowest BCUT2D eigenvalue weighted by atomic mass is 10.1. The summed E-state index contributed by atoms with van der Waals surface area (Å²) in [6.07, 6.45) is -4.88. The number of benzene rings is 2. The van der Waals surface area contributed by atoms with E-state index in [2.05, 4.69) is 25.9 Å². The number of nitrogens with one attached hydrogen (secondary N) is 2. The first-order valence-electron chi connectivity index (χ1n) is 8.12. The molecule has 0 aliphatic heterocycles. The second-order valence-electron chi connectivity index (χ2n) is 5.98. The summed E-state index contributed by atoms with van der Waals surface area (Å²) >= 11 is 0. The second kappa shape index (κ2) is 6.80. The van der Waals surface area contributed by atoms with Gasteiger partial charge in [-0.3, -0.25) is 4.79 Å². The van der Waals surface area contributed by atoms with Crippen molar-refractivity contribution in [2.24, 2.45) is 0 Å². The van der Waals surface area contributed by atoms with Crippen molar-refractivity contribution >= 4 is 22.4 Å². The number of rotatable bonds is 5. The molecule has 0 saturated heterocycles. The summed E-state index contributed by atoms with van der Waals surface area (Å²) < 4.78 is 43.0. The van der Waals surface area contributed by atoms with E-state index in [-0.39, 0.29) is 0 Å². The van der Waals surface area contributed by atoms with E-state index in [0.717, 1.165) is 23.1 Å². The third kappa shape index (κ3) is 3.56. The predicted octanol–water partition coefficient (Wildman–Crippen LogP) is 3.97. The Kier molecular flexibility index (Phi) is 4.30. The number of H-pyrrole nitrogens is 1. The number of Topliss-reactive ketones (excluding diaryl/α,β-unsaturated/α-hetero) is 1. The van der Waals surface area contributed by atoms with Crippen molar-refractivity contribution in [1.82, 2.24) is 20.6 Å². The third-order valence-electron chi connectivity index (χ3n) is 4.05. The quantitative estimate of drug-likeness (QED) is 0.503. The lowest BCUT2D eigenvalue weighted by molar-refractivity contribution is -0.0885. The lowest BCUT2D eigenvalue weighted by Gasteiger charge is -2.08. The molecule has 0 radical (unpaired) electrons. The minimum Gasteiger partial charge on any atom is -0.453 e. The molecule has 0 atom stereocenters. The number of halogens is 3. The molecule has 0 saturated carbocycles. The summed E-state index contributed by atoms with van der Waals surface area (Å²) in [5.41, 5.74) is 1.73. The molecule has 0 aliphatic rings.